The first kappa shape index (κ1) is 22.0. The molecule has 1 N–H and O–H groups in total. The van der Waals surface area contributed by atoms with Gasteiger partial charge in [0, 0.05) is 6.54 Å². The molecule has 3 aromatic rings. The average Bonchev–Trinajstić information content (AvgIpc) is 3.17. The van der Waals surface area contributed by atoms with Gasteiger partial charge in [-0.2, -0.15) is 0 Å². The second-order valence-corrected chi connectivity index (χ2v) is 7.66. The number of aromatic nitrogens is 3. The summed E-state index contributed by atoms with van der Waals surface area (Å²) in [4.78, 5) is 12.3. The van der Waals surface area contributed by atoms with Gasteiger partial charge in [-0.3, -0.25) is 4.79 Å². The Hall–Kier alpha value is -2.71. The molecule has 0 saturated heterocycles. The van der Waals surface area contributed by atoms with Gasteiger partial charge in [0.05, 0.1) is 23.6 Å². The maximum absolute atomic E-state index is 12.3. The predicted octanol–water partition coefficient (Wildman–Crippen LogP) is 4.83. The molecule has 1 unspecified atom stereocenters. The first-order valence-corrected chi connectivity index (χ1v) is 10.8. The third-order valence-corrected chi connectivity index (χ3v) is 5.57. The zero-order chi connectivity index (χ0) is 21.5. The minimum Gasteiger partial charge on any atom is -0.493 e. The van der Waals surface area contributed by atoms with Crippen LogP contribution in [0.2, 0.25) is 5.02 Å². The van der Waals surface area contributed by atoms with Crippen molar-refractivity contribution in [2.45, 2.75) is 31.7 Å². The van der Waals surface area contributed by atoms with E-state index in [9.17, 15) is 4.79 Å². The normalized spacial score (nSPS) is 11.7. The summed E-state index contributed by atoms with van der Waals surface area (Å²) >= 11 is 7.40. The highest BCUT2D eigenvalue weighted by Crippen LogP contribution is 2.31. The predicted molar refractivity (Wildman–Crippen MR) is 119 cm³/mol. The van der Waals surface area contributed by atoms with Crippen LogP contribution in [-0.4, -0.2) is 33.5 Å². The number of benzene rings is 2. The van der Waals surface area contributed by atoms with E-state index in [1.54, 1.807) is 19.2 Å². The van der Waals surface area contributed by atoms with Crippen LogP contribution < -0.4 is 14.8 Å². The number of thioether (sulfide) groups is 1. The fourth-order valence-electron chi connectivity index (χ4n) is 2.84. The summed E-state index contributed by atoms with van der Waals surface area (Å²) in [7, 11) is 1.60. The standard InChI is InChI=1S/C21H23ClN4O3S/c1-4-26-20(14(2)29-18-12-8-7-11-17(18)28-3)24-25-21(26)30-13-19(27)23-16-10-6-5-9-15(16)22/h5-12,14H,4,13H2,1-3H3,(H,23,27). The largest absolute Gasteiger partial charge is 0.493 e. The lowest BCUT2D eigenvalue weighted by molar-refractivity contribution is -0.113. The van der Waals surface area contributed by atoms with E-state index in [-0.39, 0.29) is 17.8 Å². The SMILES string of the molecule is CCn1c(SCC(=O)Nc2ccccc2Cl)nnc1C(C)Oc1ccccc1OC. The first-order chi connectivity index (χ1) is 14.5. The molecule has 2 aromatic carbocycles. The van der Waals surface area contributed by atoms with Crippen molar-refractivity contribution in [2.75, 3.05) is 18.2 Å². The van der Waals surface area contributed by atoms with Gasteiger partial charge in [0.25, 0.3) is 0 Å². The van der Waals surface area contributed by atoms with E-state index in [1.807, 2.05) is 54.8 Å². The number of rotatable bonds is 9. The molecule has 0 fully saturated rings. The van der Waals surface area contributed by atoms with E-state index in [2.05, 4.69) is 15.5 Å². The van der Waals surface area contributed by atoms with Crippen molar-refractivity contribution in [1.82, 2.24) is 14.8 Å². The number of hydrogen-bond donors (Lipinski definition) is 1. The second kappa shape index (κ2) is 10.4. The number of para-hydroxylation sites is 3. The lowest BCUT2D eigenvalue weighted by Crippen LogP contribution is -2.15. The molecule has 0 aliphatic rings. The van der Waals surface area contributed by atoms with Gasteiger partial charge in [0.2, 0.25) is 5.91 Å². The van der Waals surface area contributed by atoms with Gasteiger partial charge in [0.15, 0.2) is 28.6 Å². The highest BCUT2D eigenvalue weighted by Gasteiger charge is 2.20. The van der Waals surface area contributed by atoms with Crippen LogP contribution in [0.1, 0.15) is 25.8 Å². The number of ether oxygens (including phenoxy) is 2. The smallest absolute Gasteiger partial charge is 0.234 e. The molecule has 3 rings (SSSR count). The highest BCUT2D eigenvalue weighted by atomic mass is 35.5. The molecule has 1 atom stereocenters. The average molecular weight is 447 g/mol. The Bertz CT molecular complexity index is 1010. The summed E-state index contributed by atoms with van der Waals surface area (Å²) in [5.41, 5.74) is 0.584. The number of amides is 1. The van der Waals surface area contributed by atoms with E-state index >= 15 is 0 Å². The van der Waals surface area contributed by atoms with Crippen molar-refractivity contribution >= 4 is 35.0 Å². The van der Waals surface area contributed by atoms with Crippen molar-refractivity contribution in [3.8, 4) is 11.5 Å². The molecule has 158 valence electrons. The van der Waals surface area contributed by atoms with Crippen LogP contribution in [-0.2, 0) is 11.3 Å². The van der Waals surface area contributed by atoms with Gasteiger partial charge in [-0.25, -0.2) is 0 Å². The Morgan fingerprint density at radius 2 is 1.87 bits per heavy atom. The maximum atomic E-state index is 12.3. The minimum absolute atomic E-state index is 0.168. The molecule has 1 heterocycles. The van der Waals surface area contributed by atoms with E-state index in [4.69, 9.17) is 21.1 Å². The zero-order valence-corrected chi connectivity index (χ0v) is 18.5. The molecule has 0 bridgehead atoms. The van der Waals surface area contributed by atoms with Crippen LogP contribution in [0.5, 0.6) is 11.5 Å². The summed E-state index contributed by atoms with van der Waals surface area (Å²) in [6.45, 7) is 4.55. The fraction of sp³-hybridized carbons (Fsp3) is 0.286. The summed E-state index contributed by atoms with van der Waals surface area (Å²) in [5.74, 6) is 1.98. The van der Waals surface area contributed by atoms with Crippen molar-refractivity contribution in [2.24, 2.45) is 0 Å². The quantitative estimate of drug-likeness (QED) is 0.474. The van der Waals surface area contributed by atoms with Gasteiger partial charge < -0.3 is 19.4 Å². The summed E-state index contributed by atoms with van der Waals surface area (Å²) in [6.07, 6.45) is -0.347. The molecule has 0 spiro atoms. The highest BCUT2D eigenvalue weighted by molar-refractivity contribution is 7.99. The van der Waals surface area contributed by atoms with Crippen molar-refractivity contribution in [3.63, 3.8) is 0 Å². The number of anilines is 1. The van der Waals surface area contributed by atoms with E-state index in [0.717, 1.165) is 0 Å². The van der Waals surface area contributed by atoms with Crippen LogP contribution >= 0.6 is 23.4 Å². The van der Waals surface area contributed by atoms with E-state index in [1.165, 1.54) is 11.8 Å². The van der Waals surface area contributed by atoms with Crippen LogP contribution in [0.25, 0.3) is 0 Å². The minimum atomic E-state index is -0.347. The van der Waals surface area contributed by atoms with Gasteiger partial charge >= 0.3 is 0 Å². The molecule has 30 heavy (non-hydrogen) atoms. The fourth-order valence-corrected chi connectivity index (χ4v) is 3.84. The molecule has 1 amide bonds. The van der Waals surface area contributed by atoms with Crippen molar-refractivity contribution < 1.29 is 14.3 Å². The first-order valence-electron chi connectivity index (χ1n) is 9.43. The van der Waals surface area contributed by atoms with E-state index in [0.29, 0.717) is 39.7 Å². The lowest BCUT2D eigenvalue weighted by atomic mass is 10.3. The summed E-state index contributed by atoms with van der Waals surface area (Å²) in [5, 5.41) is 12.5. The van der Waals surface area contributed by atoms with E-state index < -0.39 is 0 Å². The Morgan fingerprint density at radius 3 is 2.57 bits per heavy atom. The van der Waals surface area contributed by atoms with Gasteiger partial charge in [0.1, 0.15) is 0 Å². The Kier molecular flexibility index (Phi) is 7.59. The molecule has 9 heteroatoms. The van der Waals surface area contributed by atoms with Crippen LogP contribution in [0, 0.1) is 0 Å². The molecular formula is C21H23ClN4O3S. The van der Waals surface area contributed by atoms with Gasteiger partial charge in [-0.15, -0.1) is 10.2 Å². The third kappa shape index (κ3) is 5.25. The van der Waals surface area contributed by atoms with Gasteiger partial charge in [-0.1, -0.05) is 47.6 Å². The molecule has 0 radical (unpaired) electrons. The molecule has 0 aliphatic carbocycles. The monoisotopic (exact) mass is 446 g/mol. The molecular weight excluding hydrogens is 424 g/mol. The number of methoxy groups -OCH3 is 1. The summed E-state index contributed by atoms with van der Waals surface area (Å²) < 4.78 is 13.3. The number of carbonyl (C=O) groups is 1. The number of halogens is 1. The third-order valence-electron chi connectivity index (χ3n) is 4.28. The number of hydrogen-bond acceptors (Lipinski definition) is 6. The molecule has 7 nitrogen and oxygen atoms in total. The molecule has 0 saturated carbocycles. The second-order valence-electron chi connectivity index (χ2n) is 6.31. The molecule has 1 aromatic heterocycles. The number of carbonyl (C=O) groups excluding carboxylic acids is 1. The van der Waals surface area contributed by atoms with Crippen LogP contribution in [0.3, 0.4) is 0 Å². The Balaban J connectivity index is 1.66. The van der Waals surface area contributed by atoms with Gasteiger partial charge in [-0.05, 0) is 38.1 Å². The van der Waals surface area contributed by atoms with Crippen molar-refractivity contribution in [1.29, 1.82) is 0 Å². The Labute approximate surface area is 184 Å². The lowest BCUT2D eigenvalue weighted by Gasteiger charge is -2.17. The number of nitrogens with one attached hydrogen (secondary N) is 1. The topological polar surface area (TPSA) is 78.3 Å². The maximum Gasteiger partial charge on any atom is 0.234 e. The van der Waals surface area contributed by atoms with Crippen molar-refractivity contribution in [3.05, 3.63) is 59.4 Å². The zero-order valence-electron chi connectivity index (χ0n) is 17.0. The van der Waals surface area contributed by atoms with Crippen LogP contribution in [0.4, 0.5) is 5.69 Å². The number of nitrogens with zero attached hydrogens (tertiary/aromatic N) is 3. The Morgan fingerprint density at radius 1 is 1.17 bits per heavy atom. The summed E-state index contributed by atoms with van der Waals surface area (Å²) in [6, 6.07) is 14.6. The molecule has 0 aliphatic heterocycles. The van der Waals surface area contributed by atoms with Crippen LogP contribution in [0.15, 0.2) is 53.7 Å².